The molecule has 0 fully saturated rings. The van der Waals surface area contributed by atoms with E-state index in [2.05, 4.69) is 5.32 Å². The SMILES string of the molecule is CCC(=O)NC(C)COC(C)=O. The predicted octanol–water partition coefficient (Wildman–Crippen LogP) is 0.464. The zero-order chi connectivity index (χ0) is 9.56. The van der Waals surface area contributed by atoms with E-state index in [9.17, 15) is 9.59 Å². The van der Waals surface area contributed by atoms with Crippen LogP contribution < -0.4 is 5.32 Å². The van der Waals surface area contributed by atoms with Crippen LogP contribution in [0.2, 0.25) is 0 Å². The van der Waals surface area contributed by atoms with Crippen molar-refractivity contribution in [2.24, 2.45) is 0 Å². The third kappa shape index (κ3) is 5.70. The predicted molar refractivity (Wildman–Crippen MR) is 44.5 cm³/mol. The van der Waals surface area contributed by atoms with Crippen molar-refractivity contribution in [2.45, 2.75) is 33.2 Å². The van der Waals surface area contributed by atoms with Gasteiger partial charge in [0.15, 0.2) is 0 Å². The molecule has 70 valence electrons. The number of nitrogens with one attached hydrogen (secondary N) is 1. The molecular weight excluding hydrogens is 158 g/mol. The average Bonchev–Trinajstić information content (AvgIpc) is 2.00. The van der Waals surface area contributed by atoms with E-state index in [1.807, 2.05) is 0 Å². The average molecular weight is 173 g/mol. The minimum atomic E-state index is -0.326. The summed E-state index contributed by atoms with van der Waals surface area (Å²) in [4.78, 5) is 21.2. The molecule has 0 aliphatic carbocycles. The molecule has 0 aliphatic heterocycles. The minimum Gasteiger partial charge on any atom is -0.464 e. The van der Waals surface area contributed by atoms with Crippen LogP contribution in [0.4, 0.5) is 0 Å². The van der Waals surface area contributed by atoms with Crippen LogP contribution in [-0.2, 0) is 14.3 Å². The van der Waals surface area contributed by atoms with Gasteiger partial charge in [-0.05, 0) is 6.92 Å². The van der Waals surface area contributed by atoms with E-state index >= 15 is 0 Å². The lowest BCUT2D eigenvalue weighted by Gasteiger charge is -2.12. The van der Waals surface area contributed by atoms with Crippen molar-refractivity contribution in [1.82, 2.24) is 5.32 Å². The first-order valence-electron chi connectivity index (χ1n) is 3.99. The fourth-order valence-electron chi connectivity index (χ4n) is 0.661. The molecule has 1 N–H and O–H groups in total. The van der Waals surface area contributed by atoms with Crippen molar-refractivity contribution in [3.8, 4) is 0 Å². The number of hydrogen-bond donors (Lipinski definition) is 1. The first kappa shape index (κ1) is 10.9. The second-order valence-electron chi connectivity index (χ2n) is 2.62. The summed E-state index contributed by atoms with van der Waals surface area (Å²) in [6.45, 7) is 5.14. The molecule has 0 radical (unpaired) electrons. The summed E-state index contributed by atoms with van der Waals surface area (Å²) >= 11 is 0. The summed E-state index contributed by atoms with van der Waals surface area (Å²) in [6, 6.07) is -0.110. The molecular formula is C8H15NO3. The van der Waals surface area contributed by atoms with Gasteiger partial charge in [-0.2, -0.15) is 0 Å². The summed E-state index contributed by atoms with van der Waals surface area (Å²) in [5.74, 6) is -0.359. The van der Waals surface area contributed by atoms with Gasteiger partial charge in [0.05, 0.1) is 6.04 Å². The van der Waals surface area contributed by atoms with Gasteiger partial charge < -0.3 is 10.1 Å². The highest BCUT2D eigenvalue weighted by Gasteiger charge is 2.05. The van der Waals surface area contributed by atoms with Crippen molar-refractivity contribution >= 4 is 11.9 Å². The van der Waals surface area contributed by atoms with E-state index < -0.39 is 0 Å². The van der Waals surface area contributed by atoms with Crippen LogP contribution in [0.1, 0.15) is 27.2 Å². The second kappa shape index (κ2) is 5.57. The Morgan fingerprint density at radius 1 is 1.50 bits per heavy atom. The number of esters is 1. The fraction of sp³-hybridized carbons (Fsp3) is 0.750. The molecule has 0 rings (SSSR count). The molecule has 0 aromatic heterocycles. The molecule has 1 unspecified atom stereocenters. The van der Waals surface area contributed by atoms with Crippen molar-refractivity contribution in [1.29, 1.82) is 0 Å². The normalized spacial score (nSPS) is 11.9. The van der Waals surface area contributed by atoms with E-state index in [4.69, 9.17) is 4.74 Å². The Balaban J connectivity index is 3.52. The summed E-state index contributed by atoms with van der Waals surface area (Å²) < 4.78 is 4.70. The van der Waals surface area contributed by atoms with Gasteiger partial charge in [-0.1, -0.05) is 6.92 Å². The summed E-state index contributed by atoms with van der Waals surface area (Å²) in [5.41, 5.74) is 0. The van der Waals surface area contributed by atoms with Crippen LogP contribution in [0.25, 0.3) is 0 Å². The molecule has 0 aliphatic rings. The zero-order valence-electron chi connectivity index (χ0n) is 7.72. The third-order valence-corrected chi connectivity index (χ3v) is 1.27. The standard InChI is InChI=1S/C8H15NO3/c1-4-8(11)9-6(2)5-12-7(3)10/h6H,4-5H2,1-3H3,(H,9,11). The largest absolute Gasteiger partial charge is 0.464 e. The lowest BCUT2D eigenvalue weighted by atomic mass is 10.3. The molecule has 12 heavy (non-hydrogen) atoms. The maximum absolute atomic E-state index is 10.8. The van der Waals surface area contributed by atoms with Gasteiger partial charge >= 0.3 is 5.97 Å². The Bertz CT molecular complexity index is 168. The van der Waals surface area contributed by atoms with Crippen LogP contribution >= 0.6 is 0 Å². The fourth-order valence-corrected chi connectivity index (χ4v) is 0.661. The van der Waals surface area contributed by atoms with Crippen LogP contribution in [0.3, 0.4) is 0 Å². The van der Waals surface area contributed by atoms with Crippen LogP contribution in [-0.4, -0.2) is 24.5 Å². The highest BCUT2D eigenvalue weighted by Crippen LogP contribution is 1.86. The highest BCUT2D eigenvalue weighted by molar-refractivity contribution is 5.75. The van der Waals surface area contributed by atoms with Crippen molar-refractivity contribution in [3.63, 3.8) is 0 Å². The zero-order valence-corrected chi connectivity index (χ0v) is 7.72. The van der Waals surface area contributed by atoms with Crippen molar-refractivity contribution in [3.05, 3.63) is 0 Å². The van der Waals surface area contributed by atoms with Gasteiger partial charge in [0, 0.05) is 13.3 Å². The Hall–Kier alpha value is -1.06. The van der Waals surface area contributed by atoms with Gasteiger partial charge in [-0.25, -0.2) is 0 Å². The van der Waals surface area contributed by atoms with Crippen molar-refractivity contribution in [2.75, 3.05) is 6.61 Å². The van der Waals surface area contributed by atoms with E-state index in [1.165, 1.54) is 6.92 Å². The third-order valence-electron chi connectivity index (χ3n) is 1.27. The summed E-state index contributed by atoms with van der Waals surface area (Å²) in [6.07, 6.45) is 0.449. The highest BCUT2D eigenvalue weighted by atomic mass is 16.5. The molecule has 0 aromatic rings. The molecule has 0 saturated heterocycles. The van der Waals surface area contributed by atoms with E-state index in [-0.39, 0.29) is 24.5 Å². The number of amides is 1. The number of carbonyl (C=O) groups excluding carboxylic acids is 2. The van der Waals surface area contributed by atoms with E-state index in [1.54, 1.807) is 13.8 Å². The maximum atomic E-state index is 10.8. The Kier molecular flexibility index (Phi) is 5.08. The lowest BCUT2D eigenvalue weighted by molar-refractivity contribution is -0.142. The van der Waals surface area contributed by atoms with Gasteiger partial charge in [0.1, 0.15) is 6.61 Å². The Morgan fingerprint density at radius 3 is 2.50 bits per heavy atom. The van der Waals surface area contributed by atoms with Gasteiger partial charge in [-0.3, -0.25) is 9.59 Å². The van der Waals surface area contributed by atoms with Gasteiger partial charge in [0.2, 0.25) is 5.91 Å². The number of ether oxygens (including phenoxy) is 1. The molecule has 4 heteroatoms. The number of hydrogen-bond acceptors (Lipinski definition) is 3. The first-order valence-corrected chi connectivity index (χ1v) is 3.99. The van der Waals surface area contributed by atoms with E-state index in [0.29, 0.717) is 6.42 Å². The maximum Gasteiger partial charge on any atom is 0.302 e. The molecule has 4 nitrogen and oxygen atoms in total. The quantitative estimate of drug-likeness (QED) is 0.628. The molecule has 1 amide bonds. The molecule has 0 bridgehead atoms. The summed E-state index contributed by atoms with van der Waals surface area (Å²) in [7, 11) is 0. The molecule has 0 spiro atoms. The second-order valence-corrected chi connectivity index (χ2v) is 2.62. The topological polar surface area (TPSA) is 55.4 Å². The number of rotatable bonds is 4. The molecule has 0 heterocycles. The Morgan fingerprint density at radius 2 is 2.08 bits per heavy atom. The van der Waals surface area contributed by atoms with Gasteiger partial charge in [-0.15, -0.1) is 0 Å². The van der Waals surface area contributed by atoms with Crippen LogP contribution in [0.5, 0.6) is 0 Å². The first-order chi connectivity index (χ1) is 5.56. The molecule has 1 atom stereocenters. The molecule has 0 saturated carbocycles. The number of carbonyl (C=O) groups is 2. The van der Waals surface area contributed by atoms with Gasteiger partial charge in [0.25, 0.3) is 0 Å². The smallest absolute Gasteiger partial charge is 0.302 e. The van der Waals surface area contributed by atoms with E-state index in [0.717, 1.165) is 0 Å². The summed E-state index contributed by atoms with van der Waals surface area (Å²) in [5, 5.41) is 2.67. The monoisotopic (exact) mass is 173 g/mol. The van der Waals surface area contributed by atoms with Crippen molar-refractivity contribution < 1.29 is 14.3 Å². The van der Waals surface area contributed by atoms with Crippen LogP contribution in [0.15, 0.2) is 0 Å². The lowest BCUT2D eigenvalue weighted by Crippen LogP contribution is -2.35. The Labute approximate surface area is 72.3 Å². The molecule has 0 aromatic carbocycles. The minimum absolute atomic E-state index is 0.0327. The van der Waals surface area contributed by atoms with Crippen LogP contribution in [0, 0.1) is 0 Å².